The van der Waals surface area contributed by atoms with Crippen molar-refractivity contribution in [3.63, 3.8) is 0 Å². The predicted octanol–water partition coefficient (Wildman–Crippen LogP) is 2.09. The highest BCUT2D eigenvalue weighted by atomic mass is 32.1. The van der Waals surface area contributed by atoms with E-state index in [1.165, 1.54) is 4.90 Å². The van der Waals surface area contributed by atoms with E-state index in [1.54, 1.807) is 14.1 Å². The number of alkyl halides is 3. The molecule has 136 valence electrons. The molecule has 0 aromatic carbocycles. The summed E-state index contributed by atoms with van der Waals surface area (Å²) in [6.07, 6.45) is -2.54. The second-order valence-electron chi connectivity index (χ2n) is 5.21. The van der Waals surface area contributed by atoms with Crippen LogP contribution in [0.3, 0.4) is 0 Å². The van der Waals surface area contributed by atoms with E-state index < -0.39 is 11.9 Å². The standard InChI is InChI=1S/C14H22F3N5OS/c1-4-5-6-18-13(20-8-12(23)22(2)3)19-7-11-21-10(9-24-11)14(15,16)17/h9H,4-8H2,1-3H3,(H2,18,19,20). The summed E-state index contributed by atoms with van der Waals surface area (Å²) in [6.45, 7) is 2.76. The molecular formula is C14H22F3N5OS. The van der Waals surface area contributed by atoms with Gasteiger partial charge >= 0.3 is 6.18 Å². The molecule has 0 saturated heterocycles. The minimum Gasteiger partial charge on any atom is -0.356 e. The molecule has 0 saturated carbocycles. The minimum atomic E-state index is -4.44. The molecule has 1 aromatic rings. The van der Waals surface area contributed by atoms with Crippen LogP contribution in [0.2, 0.25) is 0 Å². The van der Waals surface area contributed by atoms with Crippen LogP contribution in [0, 0.1) is 0 Å². The molecule has 24 heavy (non-hydrogen) atoms. The van der Waals surface area contributed by atoms with Crippen LogP contribution < -0.4 is 10.6 Å². The molecule has 6 nitrogen and oxygen atoms in total. The SMILES string of the molecule is CCCCNC(=NCC(=O)N(C)C)NCc1nc(C(F)(F)F)cs1. The number of thiazole rings is 1. The summed E-state index contributed by atoms with van der Waals surface area (Å²) >= 11 is 0.924. The third-order valence-electron chi connectivity index (χ3n) is 2.94. The summed E-state index contributed by atoms with van der Waals surface area (Å²) in [5, 5.41) is 7.23. The molecule has 0 aliphatic carbocycles. The maximum absolute atomic E-state index is 12.5. The zero-order valence-corrected chi connectivity index (χ0v) is 14.7. The van der Waals surface area contributed by atoms with Gasteiger partial charge in [-0.2, -0.15) is 13.2 Å². The van der Waals surface area contributed by atoms with Crippen LogP contribution in [0.5, 0.6) is 0 Å². The first-order chi connectivity index (χ1) is 11.2. The molecule has 2 N–H and O–H groups in total. The fourth-order valence-corrected chi connectivity index (χ4v) is 2.27. The van der Waals surface area contributed by atoms with Gasteiger partial charge in [-0.05, 0) is 6.42 Å². The normalized spacial score (nSPS) is 12.2. The van der Waals surface area contributed by atoms with E-state index >= 15 is 0 Å². The van der Waals surface area contributed by atoms with Gasteiger partial charge in [0.25, 0.3) is 0 Å². The van der Waals surface area contributed by atoms with Crippen molar-refractivity contribution in [2.45, 2.75) is 32.5 Å². The van der Waals surface area contributed by atoms with E-state index in [0.29, 0.717) is 17.5 Å². The van der Waals surface area contributed by atoms with Gasteiger partial charge in [-0.25, -0.2) is 9.98 Å². The lowest BCUT2D eigenvalue weighted by atomic mass is 10.3. The average molecular weight is 365 g/mol. The lowest BCUT2D eigenvalue weighted by Gasteiger charge is -2.13. The number of unbranched alkanes of at least 4 members (excludes halogenated alkanes) is 1. The highest BCUT2D eigenvalue weighted by Gasteiger charge is 2.33. The number of rotatable bonds is 7. The van der Waals surface area contributed by atoms with Gasteiger partial charge in [-0.1, -0.05) is 13.3 Å². The second kappa shape index (κ2) is 9.45. The van der Waals surface area contributed by atoms with Crippen molar-refractivity contribution >= 4 is 23.2 Å². The van der Waals surface area contributed by atoms with E-state index in [2.05, 4.69) is 20.6 Å². The van der Waals surface area contributed by atoms with Crippen LogP contribution in [0.4, 0.5) is 13.2 Å². The topological polar surface area (TPSA) is 69.6 Å². The molecule has 1 amide bonds. The molecule has 1 rings (SSSR count). The number of hydrogen-bond acceptors (Lipinski definition) is 4. The van der Waals surface area contributed by atoms with Crippen molar-refractivity contribution in [3.05, 3.63) is 16.1 Å². The first-order valence-corrected chi connectivity index (χ1v) is 8.36. The maximum Gasteiger partial charge on any atom is 0.434 e. The Bertz CT molecular complexity index is 557. The van der Waals surface area contributed by atoms with E-state index in [-0.39, 0.29) is 19.0 Å². The number of nitrogens with zero attached hydrogens (tertiary/aromatic N) is 3. The van der Waals surface area contributed by atoms with Gasteiger partial charge < -0.3 is 15.5 Å². The zero-order chi connectivity index (χ0) is 18.2. The molecule has 1 heterocycles. The highest BCUT2D eigenvalue weighted by molar-refractivity contribution is 7.09. The van der Waals surface area contributed by atoms with Crippen molar-refractivity contribution in [1.29, 1.82) is 0 Å². The van der Waals surface area contributed by atoms with E-state index in [9.17, 15) is 18.0 Å². The van der Waals surface area contributed by atoms with Crippen LogP contribution in [0.15, 0.2) is 10.4 Å². The third-order valence-corrected chi connectivity index (χ3v) is 3.79. The molecule has 0 bridgehead atoms. The number of aromatic nitrogens is 1. The molecule has 1 aromatic heterocycles. The Morgan fingerprint density at radius 1 is 1.38 bits per heavy atom. The average Bonchev–Trinajstić information content (AvgIpc) is 2.98. The van der Waals surface area contributed by atoms with E-state index in [4.69, 9.17) is 0 Å². The van der Waals surface area contributed by atoms with Gasteiger partial charge in [0.05, 0.1) is 6.54 Å². The lowest BCUT2D eigenvalue weighted by Crippen LogP contribution is -2.38. The number of amides is 1. The van der Waals surface area contributed by atoms with Gasteiger partial charge in [0.1, 0.15) is 11.6 Å². The fourth-order valence-electron chi connectivity index (χ4n) is 1.53. The van der Waals surface area contributed by atoms with Crippen molar-refractivity contribution in [2.24, 2.45) is 4.99 Å². The molecule has 0 radical (unpaired) electrons. The smallest absolute Gasteiger partial charge is 0.356 e. The third kappa shape index (κ3) is 7.16. The summed E-state index contributed by atoms with van der Waals surface area (Å²) < 4.78 is 37.6. The molecule has 0 aliphatic rings. The molecule has 0 spiro atoms. The van der Waals surface area contributed by atoms with E-state index in [0.717, 1.165) is 29.6 Å². The molecule has 0 unspecified atom stereocenters. The Balaban J connectivity index is 2.65. The van der Waals surface area contributed by atoms with Crippen molar-refractivity contribution in [3.8, 4) is 0 Å². The summed E-state index contributed by atoms with van der Waals surface area (Å²) in [7, 11) is 3.26. The van der Waals surface area contributed by atoms with Gasteiger partial charge in [-0.3, -0.25) is 4.79 Å². The Hall–Kier alpha value is -1.84. The van der Waals surface area contributed by atoms with Crippen LogP contribution in [-0.4, -0.2) is 48.9 Å². The molecule has 0 atom stereocenters. The van der Waals surface area contributed by atoms with Crippen molar-refractivity contribution in [2.75, 3.05) is 27.2 Å². The van der Waals surface area contributed by atoms with Crippen molar-refractivity contribution in [1.82, 2.24) is 20.5 Å². The Labute approximate surface area is 143 Å². The quantitative estimate of drug-likeness (QED) is 0.441. The second-order valence-corrected chi connectivity index (χ2v) is 6.15. The van der Waals surface area contributed by atoms with Gasteiger partial charge in [0.15, 0.2) is 11.7 Å². The van der Waals surface area contributed by atoms with Crippen LogP contribution in [0.25, 0.3) is 0 Å². The number of aliphatic imine (C=N–C) groups is 1. The molecule has 0 aliphatic heterocycles. The lowest BCUT2D eigenvalue weighted by molar-refractivity contribution is -0.140. The molecular weight excluding hydrogens is 343 g/mol. The van der Waals surface area contributed by atoms with Gasteiger partial charge in [0.2, 0.25) is 5.91 Å². The highest BCUT2D eigenvalue weighted by Crippen LogP contribution is 2.29. The summed E-state index contributed by atoms with van der Waals surface area (Å²) in [5.41, 5.74) is -0.899. The van der Waals surface area contributed by atoms with Crippen LogP contribution in [-0.2, 0) is 17.5 Å². The van der Waals surface area contributed by atoms with Crippen LogP contribution >= 0.6 is 11.3 Å². The number of carbonyl (C=O) groups is 1. The predicted molar refractivity (Wildman–Crippen MR) is 87.9 cm³/mol. The number of nitrogens with one attached hydrogen (secondary N) is 2. The summed E-state index contributed by atoms with van der Waals surface area (Å²) in [5.74, 6) is 0.211. The zero-order valence-electron chi connectivity index (χ0n) is 13.9. The summed E-state index contributed by atoms with van der Waals surface area (Å²) in [6, 6.07) is 0. The number of guanidine groups is 1. The number of likely N-dealkylation sites (N-methyl/N-ethyl adjacent to an activating group) is 1. The number of carbonyl (C=O) groups excluding carboxylic acids is 1. The largest absolute Gasteiger partial charge is 0.434 e. The minimum absolute atomic E-state index is 0.0415. The monoisotopic (exact) mass is 365 g/mol. The van der Waals surface area contributed by atoms with Gasteiger partial charge in [-0.15, -0.1) is 11.3 Å². The van der Waals surface area contributed by atoms with Crippen molar-refractivity contribution < 1.29 is 18.0 Å². The van der Waals surface area contributed by atoms with E-state index in [1.807, 2.05) is 6.92 Å². The first-order valence-electron chi connectivity index (χ1n) is 7.48. The maximum atomic E-state index is 12.5. The Morgan fingerprint density at radius 2 is 2.08 bits per heavy atom. The Morgan fingerprint density at radius 3 is 2.62 bits per heavy atom. The van der Waals surface area contributed by atoms with Gasteiger partial charge in [0, 0.05) is 26.0 Å². The fraction of sp³-hybridized carbons (Fsp3) is 0.643. The molecule has 10 heteroatoms. The number of halogens is 3. The van der Waals surface area contributed by atoms with Crippen LogP contribution in [0.1, 0.15) is 30.5 Å². The Kier molecular flexibility index (Phi) is 7.96. The molecule has 0 fully saturated rings. The number of hydrogen-bond donors (Lipinski definition) is 2. The first kappa shape index (κ1) is 20.2. The summed E-state index contributed by atoms with van der Waals surface area (Å²) in [4.78, 5) is 20.7.